The van der Waals surface area contributed by atoms with Crippen LogP contribution in [0.5, 0.6) is 0 Å². The third kappa shape index (κ3) is 12.9. The van der Waals surface area contributed by atoms with Crippen LogP contribution in [0.2, 0.25) is 0 Å². The smallest absolute Gasteiger partial charge is 0.0566 e. The van der Waals surface area contributed by atoms with Crippen LogP contribution in [0.15, 0.2) is 0 Å². The van der Waals surface area contributed by atoms with Gasteiger partial charge in [-0.2, -0.15) is 0 Å². The first kappa shape index (κ1) is 14.9. The lowest BCUT2D eigenvalue weighted by Crippen LogP contribution is -1.80. The molecule has 2 unspecified atom stereocenters. The van der Waals surface area contributed by atoms with E-state index in [-0.39, 0.29) is 0 Å². The van der Waals surface area contributed by atoms with E-state index in [2.05, 4.69) is 13.8 Å². The average molecular weight is 235 g/mol. The lowest BCUT2D eigenvalue weighted by atomic mass is 10.1. The Hall–Kier alpha value is 0.860. The van der Waals surface area contributed by atoms with Crippen molar-refractivity contribution in [1.82, 2.24) is 0 Å². The molecule has 0 saturated carbocycles. The maximum atomic E-state index is 2.31. The van der Waals surface area contributed by atoms with E-state index in [0.29, 0.717) is 0 Å². The first-order chi connectivity index (χ1) is 6.91. The van der Waals surface area contributed by atoms with E-state index in [1.54, 1.807) is 6.16 Å². The number of hydrogen-bond acceptors (Lipinski definition) is 0. The average Bonchev–Trinajstić information content (AvgIpc) is 2.21. The zero-order chi connectivity index (χ0) is 10.5. The number of unbranched alkanes of at least 4 members (excludes halogenated alkanes) is 6. The van der Waals surface area contributed by atoms with E-state index in [0.717, 1.165) is 8.27 Å². The van der Waals surface area contributed by atoms with Crippen molar-refractivity contribution >= 4 is 16.5 Å². The van der Waals surface area contributed by atoms with Gasteiger partial charge in [-0.05, 0) is 19.0 Å². The van der Waals surface area contributed by atoms with E-state index < -0.39 is 0 Å². The molecular weight excluding hydrogens is 206 g/mol. The summed E-state index contributed by atoms with van der Waals surface area (Å²) in [6.45, 7) is 4.60. The monoisotopic (exact) mass is 235 g/mol. The number of rotatable bonds is 11. The Labute approximate surface area is 94.5 Å². The van der Waals surface area contributed by atoms with E-state index in [1.165, 1.54) is 65.8 Å². The highest BCUT2D eigenvalue weighted by Gasteiger charge is 1.94. The van der Waals surface area contributed by atoms with Gasteiger partial charge in [0.2, 0.25) is 0 Å². The second-order valence-corrected chi connectivity index (χ2v) is 8.41. The van der Waals surface area contributed by atoms with Gasteiger partial charge in [0.05, 0.1) is 6.16 Å². The Balaban J connectivity index is 2.78. The quantitative estimate of drug-likeness (QED) is 0.343. The molecule has 0 aromatic rings. The molecule has 86 valence electrons. The van der Waals surface area contributed by atoms with Crippen LogP contribution in [0.25, 0.3) is 0 Å². The van der Waals surface area contributed by atoms with Crippen LogP contribution < -0.4 is 0 Å². The summed E-state index contributed by atoms with van der Waals surface area (Å²) < 4.78 is 0. The van der Waals surface area contributed by atoms with E-state index in [4.69, 9.17) is 0 Å². The van der Waals surface area contributed by atoms with Crippen LogP contribution in [0.3, 0.4) is 0 Å². The Kier molecular flexibility index (Phi) is 14.7. The Morgan fingerprint density at radius 3 is 2.07 bits per heavy atom. The molecule has 0 saturated heterocycles. The molecule has 0 bridgehead atoms. The molecule has 0 spiro atoms. The fourth-order valence-corrected chi connectivity index (χ4v) is 5.39. The SMILES string of the molecule is CCCCCCCCCP[PH2+]CCC. The lowest BCUT2D eigenvalue weighted by Gasteiger charge is -1.99. The standard InChI is InChI=1S/C12H28P2/c1-3-5-6-7-8-9-10-12-14-13-11-4-2/h13-14H,3-12H2,1-2H3/p+1. The van der Waals surface area contributed by atoms with Gasteiger partial charge < -0.3 is 0 Å². The van der Waals surface area contributed by atoms with Gasteiger partial charge in [-0.15, -0.1) is 0 Å². The van der Waals surface area contributed by atoms with Gasteiger partial charge in [0.25, 0.3) is 0 Å². The molecular formula is C12H29P2+. The molecule has 0 aliphatic carbocycles. The van der Waals surface area contributed by atoms with Crippen LogP contribution >= 0.6 is 16.5 Å². The first-order valence-corrected chi connectivity index (χ1v) is 10.3. The molecule has 2 atom stereocenters. The molecule has 0 aromatic carbocycles. The Morgan fingerprint density at radius 2 is 1.43 bits per heavy atom. The normalized spacial score (nSPS) is 12.4. The predicted molar refractivity (Wildman–Crippen MR) is 76.0 cm³/mol. The fourth-order valence-electron chi connectivity index (χ4n) is 1.53. The van der Waals surface area contributed by atoms with Crippen molar-refractivity contribution in [2.75, 3.05) is 12.3 Å². The van der Waals surface area contributed by atoms with Crippen molar-refractivity contribution in [2.45, 2.75) is 65.2 Å². The molecule has 0 aliphatic rings. The molecule has 0 aliphatic heterocycles. The molecule has 0 heterocycles. The van der Waals surface area contributed by atoms with Crippen molar-refractivity contribution in [3.8, 4) is 0 Å². The highest BCUT2D eigenvalue weighted by atomic mass is 32.0. The molecule has 2 heteroatoms. The lowest BCUT2D eigenvalue weighted by molar-refractivity contribution is 0.603. The maximum Gasteiger partial charge on any atom is 0.0566 e. The van der Waals surface area contributed by atoms with Crippen molar-refractivity contribution < 1.29 is 0 Å². The van der Waals surface area contributed by atoms with Gasteiger partial charge >= 0.3 is 0 Å². The molecule has 0 fully saturated rings. The van der Waals surface area contributed by atoms with E-state index in [9.17, 15) is 0 Å². The van der Waals surface area contributed by atoms with Gasteiger partial charge in [0, 0.05) is 16.5 Å². The van der Waals surface area contributed by atoms with Gasteiger partial charge in [0.1, 0.15) is 0 Å². The zero-order valence-electron chi connectivity index (χ0n) is 10.1. The molecule has 0 rings (SSSR count). The summed E-state index contributed by atoms with van der Waals surface area (Å²) >= 11 is 0. The molecule has 14 heavy (non-hydrogen) atoms. The summed E-state index contributed by atoms with van der Waals surface area (Å²) in [5.41, 5.74) is 0. The van der Waals surface area contributed by atoms with Crippen molar-refractivity contribution in [1.29, 1.82) is 0 Å². The van der Waals surface area contributed by atoms with E-state index in [1.807, 2.05) is 0 Å². The number of hydrogen-bond donors (Lipinski definition) is 0. The molecule has 0 radical (unpaired) electrons. The summed E-state index contributed by atoms with van der Waals surface area (Å²) in [6.07, 6.45) is 14.8. The minimum Gasteiger partial charge on any atom is -0.0654 e. The van der Waals surface area contributed by atoms with Crippen molar-refractivity contribution in [2.24, 2.45) is 0 Å². The van der Waals surface area contributed by atoms with Crippen LogP contribution in [0, 0.1) is 0 Å². The second-order valence-electron chi connectivity index (χ2n) is 4.07. The molecule has 0 amide bonds. The summed E-state index contributed by atoms with van der Waals surface area (Å²) in [5, 5.41) is 0. The summed E-state index contributed by atoms with van der Waals surface area (Å²) in [6, 6.07) is 0. The van der Waals surface area contributed by atoms with Gasteiger partial charge in [-0.3, -0.25) is 0 Å². The largest absolute Gasteiger partial charge is 0.0654 e. The van der Waals surface area contributed by atoms with Gasteiger partial charge in [-0.25, -0.2) is 0 Å². The second kappa shape index (κ2) is 13.9. The molecule has 0 aromatic heterocycles. The molecule has 0 nitrogen and oxygen atoms in total. The minimum atomic E-state index is 0.832. The zero-order valence-corrected chi connectivity index (χ0v) is 12.3. The highest BCUT2D eigenvalue weighted by molar-refractivity contribution is 8.11. The summed E-state index contributed by atoms with van der Waals surface area (Å²) in [7, 11) is 2.17. The highest BCUT2D eigenvalue weighted by Crippen LogP contribution is 2.37. The van der Waals surface area contributed by atoms with Crippen LogP contribution in [0.1, 0.15) is 65.2 Å². The van der Waals surface area contributed by atoms with Crippen LogP contribution in [-0.2, 0) is 0 Å². The maximum absolute atomic E-state index is 2.31. The van der Waals surface area contributed by atoms with Crippen molar-refractivity contribution in [3.05, 3.63) is 0 Å². The molecule has 0 N–H and O–H groups in total. The third-order valence-corrected chi connectivity index (χ3v) is 6.90. The fraction of sp³-hybridized carbons (Fsp3) is 1.00. The third-order valence-electron chi connectivity index (χ3n) is 2.50. The van der Waals surface area contributed by atoms with Crippen LogP contribution in [-0.4, -0.2) is 12.3 Å². The van der Waals surface area contributed by atoms with E-state index >= 15 is 0 Å². The Bertz CT molecular complexity index is 82.3. The van der Waals surface area contributed by atoms with Crippen LogP contribution in [0.4, 0.5) is 0 Å². The first-order valence-electron chi connectivity index (χ1n) is 6.46. The topological polar surface area (TPSA) is 0 Å². The minimum absolute atomic E-state index is 0.832. The van der Waals surface area contributed by atoms with Gasteiger partial charge in [0.15, 0.2) is 0 Å². The van der Waals surface area contributed by atoms with Crippen molar-refractivity contribution in [3.63, 3.8) is 0 Å². The summed E-state index contributed by atoms with van der Waals surface area (Å²) in [5.74, 6) is 0. The predicted octanol–water partition coefficient (Wildman–Crippen LogP) is 5.15. The van der Waals surface area contributed by atoms with Gasteiger partial charge in [-0.1, -0.05) is 52.4 Å². The summed E-state index contributed by atoms with van der Waals surface area (Å²) in [4.78, 5) is 0. The Morgan fingerprint density at radius 1 is 0.786 bits per heavy atom.